The van der Waals surface area contributed by atoms with Crippen LogP contribution in [0, 0.1) is 0 Å². The average molecular weight is 317 g/mol. The van der Waals surface area contributed by atoms with Gasteiger partial charge in [-0.25, -0.2) is 9.97 Å². The topological polar surface area (TPSA) is 35.0 Å². The smallest absolute Gasteiger partial charge is 0.161 e. The molecule has 0 N–H and O–H groups in total. The van der Waals surface area contributed by atoms with Gasteiger partial charge in [-0.1, -0.05) is 41.9 Å². The van der Waals surface area contributed by atoms with E-state index in [0.717, 1.165) is 27.4 Å². The summed E-state index contributed by atoms with van der Waals surface area (Å²) in [4.78, 5) is 8.83. The third-order valence-electron chi connectivity index (χ3n) is 3.01. The maximum Gasteiger partial charge on any atom is 0.161 e. The summed E-state index contributed by atoms with van der Waals surface area (Å²) < 4.78 is 5.80. The molecule has 0 radical (unpaired) electrons. The Morgan fingerprint density at radius 3 is 2.62 bits per heavy atom. The number of rotatable bonds is 4. The number of hydrogen-bond acceptors (Lipinski definition) is 4. The molecule has 0 unspecified atom stereocenters. The van der Waals surface area contributed by atoms with E-state index in [1.54, 1.807) is 0 Å². The molecule has 0 bridgehead atoms. The largest absolute Gasteiger partial charge is 0.489 e. The average Bonchev–Trinajstić information content (AvgIpc) is 2.53. The van der Waals surface area contributed by atoms with Gasteiger partial charge in [-0.3, -0.25) is 0 Å². The Bertz CT molecular complexity index is 765. The second kappa shape index (κ2) is 6.33. The van der Waals surface area contributed by atoms with E-state index < -0.39 is 0 Å². The number of ether oxygens (including phenoxy) is 1. The Morgan fingerprint density at radius 1 is 1.05 bits per heavy atom. The monoisotopic (exact) mass is 316 g/mol. The highest BCUT2D eigenvalue weighted by Gasteiger charge is 2.07. The van der Waals surface area contributed by atoms with Crippen LogP contribution in [-0.2, 0) is 6.61 Å². The van der Waals surface area contributed by atoms with Crippen molar-refractivity contribution >= 4 is 34.4 Å². The van der Waals surface area contributed by atoms with Gasteiger partial charge in [0.15, 0.2) is 5.15 Å². The van der Waals surface area contributed by atoms with Crippen LogP contribution in [0.2, 0.25) is 5.15 Å². The molecule has 0 aliphatic carbocycles. The molecule has 5 heteroatoms. The predicted octanol–water partition coefficient (Wildman–Crippen LogP) is 4.58. The summed E-state index contributed by atoms with van der Waals surface area (Å²) in [6.45, 7) is 0.531. The molecule has 0 amide bonds. The molecule has 106 valence electrons. The minimum Gasteiger partial charge on any atom is -0.489 e. The van der Waals surface area contributed by atoms with Gasteiger partial charge in [0, 0.05) is 6.07 Å². The van der Waals surface area contributed by atoms with E-state index in [-0.39, 0.29) is 0 Å². The maximum absolute atomic E-state index is 6.06. The van der Waals surface area contributed by atoms with Gasteiger partial charge >= 0.3 is 0 Å². The Hall–Kier alpha value is -1.78. The summed E-state index contributed by atoms with van der Waals surface area (Å²) in [6.07, 6.45) is 1.93. The molecule has 0 spiro atoms. The predicted molar refractivity (Wildman–Crippen MR) is 87.1 cm³/mol. The van der Waals surface area contributed by atoms with Crippen molar-refractivity contribution in [2.75, 3.05) is 6.26 Å². The van der Waals surface area contributed by atoms with E-state index in [4.69, 9.17) is 16.3 Å². The maximum atomic E-state index is 6.06. The molecule has 0 saturated carbocycles. The van der Waals surface area contributed by atoms with Gasteiger partial charge in [-0.15, -0.1) is 11.8 Å². The lowest BCUT2D eigenvalue weighted by Gasteiger charge is -2.08. The molecule has 21 heavy (non-hydrogen) atoms. The van der Waals surface area contributed by atoms with Gasteiger partial charge in [0.25, 0.3) is 0 Å². The number of thioether (sulfide) groups is 1. The highest BCUT2D eigenvalue weighted by molar-refractivity contribution is 7.98. The molecule has 2 aromatic carbocycles. The van der Waals surface area contributed by atoms with Crippen molar-refractivity contribution < 1.29 is 4.74 Å². The number of fused-ring (bicyclic) bond motifs is 1. The lowest BCUT2D eigenvalue weighted by Crippen LogP contribution is -1.96. The SMILES string of the molecule is CSc1nc2cc(OCc3ccccc3)ccc2nc1Cl. The summed E-state index contributed by atoms with van der Waals surface area (Å²) in [6, 6.07) is 15.7. The van der Waals surface area contributed by atoms with Gasteiger partial charge in [0.1, 0.15) is 17.4 Å². The second-order valence-corrected chi connectivity index (χ2v) is 5.60. The van der Waals surface area contributed by atoms with Crippen LogP contribution in [0.4, 0.5) is 0 Å². The van der Waals surface area contributed by atoms with Crippen LogP contribution in [0.1, 0.15) is 5.56 Å². The minimum atomic E-state index is 0.438. The standard InChI is InChI=1S/C16H13ClN2OS/c1-21-16-15(17)18-13-8-7-12(9-14(13)19-16)20-10-11-5-3-2-4-6-11/h2-9H,10H2,1H3. The number of benzene rings is 2. The first kappa shape index (κ1) is 14.2. The van der Waals surface area contributed by atoms with Crippen LogP contribution in [0.15, 0.2) is 53.6 Å². The van der Waals surface area contributed by atoms with Gasteiger partial charge < -0.3 is 4.74 Å². The Balaban J connectivity index is 1.85. The molecule has 3 nitrogen and oxygen atoms in total. The van der Waals surface area contributed by atoms with E-state index in [0.29, 0.717) is 11.8 Å². The number of nitrogens with zero attached hydrogens (tertiary/aromatic N) is 2. The zero-order valence-electron chi connectivity index (χ0n) is 11.4. The second-order valence-electron chi connectivity index (χ2n) is 4.45. The zero-order chi connectivity index (χ0) is 14.7. The third-order valence-corrected chi connectivity index (χ3v) is 4.05. The van der Waals surface area contributed by atoms with Gasteiger partial charge in [-0.05, 0) is 24.0 Å². The van der Waals surface area contributed by atoms with E-state index in [2.05, 4.69) is 9.97 Å². The van der Waals surface area contributed by atoms with Crippen molar-refractivity contribution in [3.63, 3.8) is 0 Å². The van der Waals surface area contributed by atoms with Gasteiger partial charge in [0.2, 0.25) is 0 Å². The minimum absolute atomic E-state index is 0.438. The van der Waals surface area contributed by atoms with Crippen molar-refractivity contribution in [1.82, 2.24) is 9.97 Å². The molecular weight excluding hydrogens is 304 g/mol. The number of aromatic nitrogens is 2. The van der Waals surface area contributed by atoms with Crippen LogP contribution in [0.25, 0.3) is 11.0 Å². The zero-order valence-corrected chi connectivity index (χ0v) is 13.0. The lowest BCUT2D eigenvalue weighted by molar-refractivity contribution is 0.306. The fraction of sp³-hybridized carbons (Fsp3) is 0.125. The molecule has 0 fully saturated rings. The molecule has 0 aliphatic heterocycles. The van der Waals surface area contributed by atoms with Gasteiger partial charge in [-0.2, -0.15) is 0 Å². The first-order valence-electron chi connectivity index (χ1n) is 6.44. The van der Waals surface area contributed by atoms with Crippen molar-refractivity contribution in [2.45, 2.75) is 11.6 Å². The summed E-state index contributed by atoms with van der Waals surface area (Å²) in [7, 11) is 0. The molecule has 3 rings (SSSR count). The van der Waals surface area contributed by atoms with Crippen LogP contribution < -0.4 is 4.74 Å². The third kappa shape index (κ3) is 3.28. The number of hydrogen-bond donors (Lipinski definition) is 0. The van der Waals surface area contributed by atoms with Crippen LogP contribution >= 0.6 is 23.4 Å². The van der Waals surface area contributed by atoms with Crippen LogP contribution in [-0.4, -0.2) is 16.2 Å². The Kier molecular flexibility index (Phi) is 4.27. The van der Waals surface area contributed by atoms with Crippen molar-refractivity contribution in [1.29, 1.82) is 0 Å². The summed E-state index contributed by atoms with van der Waals surface area (Å²) >= 11 is 7.54. The van der Waals surface area contributed by atoms with Crippen LogP contribution in [0.3, 0.4) is 0 Å². The first-order chi connectivity index (χ1) is 10.3. The van der Waals surface area contributed by atoms with Crippen molar-refractivity contribution in [3.05, 3.63) is 59.2 Å². The van der Waals surface area contributed by atoms with Gasteiger partial charge in [0.05, 0.1) is 11.0 Å². The Labute approximate surface area is 132 Å². The van der Waals surface area contributed by atoms with Crippen molar-refractivity contribution in [3.8, 4) is 5.75 Å². The summed E-state index contributed by atoms with van der Waals surface area (Å²) in [5.74, 6) is 0.773. The highest BCUT2D eigenvalue weighted by Crippen LogP contribution is 2.26. The quantitative estimate of drug-likeness (QED) is 0.660. The number of halogens is 1. The summed E-state index contributed by atoms with van der Waals surface area (Å²) in [5.41, 5.74) is 2.68. The van der Waals surface area contributed by atoms with Crippen LogP contribution in [0.5, 0.6) is 5.75 Å². The Morgan fingerprint density at radius 2 is 1.86 bits per heavy atom. The van der Waals surface area contributed by atoms with E-state index >= 15 is 0 Å². The van der Waals surface area contributed by atoms with E-state index in [1.165, 1.54) is 11.8 Å². The molecule has 1 aromatic heterocycles. The molecule has 0 aliphatic rings. The fourth-order valence-electron chi connectivity index (χ4n) is 1.96. The highest BCUT2D eigenvalue weighted by atomic mass is 35.5. The molecule has 0 saturated heterocycles. The molecular formula is C16H13ClN2OS. The molecule has 3 aromatic rings. The first-order valence-corrected chi connectivity index (χ1v) is 8.04. The summed E-state index contributed by atoms with van der Waals surface area (Å²) in [5, 5.41) is 1.16. The molecule has 1 heterocycles. The fourth-order valence-corrected chi connectivity index (χ4v) is 2.73. The normalized spacial score (nSPS) is 10.8. The van der Waals surface area contributed by atoms with E-state index in [1.807, 2.05) is 54.8 Å². The molecule has 0 atom stereocenters. The van der Waals surface area contributed by atoms with E-state index in [9.17, 15) is 0 Å². The lowest BCUT2D eigenvalue weighted by atomic mass is 10.2. The van der Waals surface area contributed by atoms with Crippen molar-refractivity contribution in [2.24, 2.45) is 0 Å².